The van der Waals surface area contributed by atoms with Crippen LogP contribution in [0.25, 0.3) is 108 Å². The number of nitrogens with zero attached hydrogens (tertiary/aromatic N) is 3. The third kappa shape index (κ3) is 5.68. The van der Waals surface area contributed by atoms with E-state index in [1.54, 1.807) is 11.3 Å². The number of aromatic nitrogens is 3. The smallest absolute Gasteiger partial charge is 0.165 e. The Morgan fingerprint density at radius 2 is 0.857 bits per heavy atom. The molecule has 3 nitrogen and oxygen atoms in total. The third-order valence-electron chi connectivity index (χ3n) is 10.5. The van der Waals surface area contributed by atoms with Crippen molar-refractivity contribution in [3.05, 3.63) is 188 Å². The minimum atomic E-state index is 0.663. The molecule has 11 rings (SSSR count). The molecule has 0 N–H and O–H groups in total. The lowest BCUT2D eigenvalue weighted by Crippen LogP contribution is -2.00. The maximum atomic E-state index is 5.09. The largest absolute Gasteiger partial charge is 0.208 e. The number of thiophene rings is 2. The van der Waals surface area contributed by atoms with Crippen LogP contribution in [0.2, 0.25) is 0 Å². The van der Waals surface area contributed by atoms with E-state index in [0.29, 0.717) is 17.5 Å². The zero-order chi connectivity index (χ0) is 37.0. The molecule has 0 radical (unpaired) electrons. The van der Waals surface area contributed by atoms with Crippen LogP contribution < -0.4 is 0 Å². The predicted octanol–water partition coefficient (Wildman–Crippen LogP) is 14.6. The summed E-state index contributed by atoms with van der Waals surface area (Å²) in [5.41, 5.74) is 10.2. The summed E-state index contributed by atoms with van der Waals surface area (Å²) in [4.78, 5) is 15.1. The van der Waals surface area contributed by atoms with E-state index in [-0.39, 0.29) is 0 Å². The summed E-state index contributed by atoms with van der Waals surface area (Å²) < 4.78 is 4.99. The average molecular weight is 750 g/mol. The van der Waals surface area contributed by atoms with Crippen molar-refractivity contribution in [1.82, 2.24) is 15.0 Å². The van der Waals surface area contributed by atoms with E-state index in [1.165, 1.54) is 73.7 Å². The molecular weight excluding hydrogens is 719 g/mol. The lowest BCUT2D eigenvalue weighted by atomic mass is 9.92. The first-order valence-electron chi connectivity index (χ1n) is 18.7. The fourth-order valence-corrected chi connectivity index (χ4v) is 10.2. The van der Waals surface area contributed by atoms with Crippen molar-refractivity contribution in [2.24, 2.45) is 0 Å². The fourth-order valence-electron chi connectivity index (χ4n) is 7.83. The van der Waals surface area contributed by atoms with Crippen LogP contribution >= 0.6 is 22.7 Å². The van der Waals surface area contributed by atoms with Crippen molar-refractivity contribution < 1.29 is 0 Å². The lowest BCUT2D eigenvalue weighted by molar-refractivity contribution is 1.08. The van der Waals surface area contributed by atoms with E-state index in [4.69, 9.17) is 15.0 Å². The van der Waals surface area contributed by atoms with Crippen LogP contribution in [0.5, 0.6) is 0 Å². The molecule has 0 aliphatic heterocycles. The van der Waals surface area contributed by atoms with Crippen molar-refractivity contribution >= 4 is 63.0 Å². The van der Waals surface area contributed by atoms with Crippen molar-refractivity contribution in [2.75, 3.05) is 0 Å². The van der Waals surface area contributed by atoms with Gasteiger partial charge in [-0.25, -0.2) is 15.0 Å². The molecule has 56 heavy (non-hydrogen) atoms. The van der Waals surface area contributed by atoms with Crippen molar-refractivity contribution in [1.29, 1.82) is 0 Å². The third-order valence-corrected chi connectivity index (χ3v) is 12.9. The van der Waals surface area contributed by atoms with Gasteiger partial charge in [-0.05, 0) is 75.8 Å². The Morgan fingerprint density at radius 1 is 0.286 bits per heavy atom. The van der Waals surface area contributed by atoms with Gasteiger partial charge in [0.1, 0.15) is 0 Å². The summed E-state index contributed by atoms with van der Waals surface area (Å²) in [6.45, 7) is 0. The van der Waals surface area contributed by atoms with Gasteiger partial charge in [-0.1, -0.05) is 146 Å². The number of hydrogen-bond donors (Lipinski definition) is 0. The minimum Gasteiger partial charge on any atom is -0.208 e. The Balaban J connectivity index is 1.09. The SMILES string of the molecule is c1ccc(-c2cccc(-c3cc(-c4ccc5sc6c(-c7nc(-c8ccccc8)nc(-c8ccccc8)n7)cccc6c5c4)c4c(c3)sc3ccccc34)c2)cc1. The van der Waals surface area contributed by atoms with Gasteiger partial charge < -0.3 is 0 Å². The lowest BCUT2D eigenvalue weighted by Gasteiger charge is -2.11. The van der Waals surface area contributed by atoms with Crippen LogP contribution in [0.3, 0.4) is 0 Å². The molecular formula is C51H31N3S2. The van der Waals surface area contributed by atoms with Gasteiger partial charge in [0.25, 0.3) is 0 Å². The average Bonchev–Trinajstić information content (AvgIpc) is 3.85. The molecule has 0 spiro atoms. The number of rotatable bonds is 6. The summed E-state index contributed by atoms with van der Waals surface area (Å²) >= 11 is 3.67. The molecule has 0 aliphatic rings. The molecule has 11 aromatic rings. The molecule has 0 amide bonds. The molecule has 3 heterocycles. The van der Waals surface area contributed by atoms with Crippen LogP contribution in [0.15, 0.2) is 188 Å². The minimum absolute atomic E-state index is 0.663. The van der Waals surface area contributed by atoms with Crippen molar-refractivity contribution in [3.8, 4) is 67.5 Å². The van der Waals surface area contributed by atoms with Crippen LogP contribution in [0, 0.1) is 0 Å². The Labute approximate surface area is 331 Å². The van der Waals surface area contributed by atoms with E-state index in [0.717, 1.165) is 16.7 Å². The van der Waals surface area contributed by atoms with Gasteiger partial charge in [0, 0.05) is 57.0 Å². The summed E-state index contributed by atoms with van der Waals surface area (Å²) in [7, 11) is 0. The highest BCUT2D eigenvalue weighted by molar-refractivity contribution is 7.26. The molecule has 0 saturated heterocycles. The highest BCUT2D eigenvalue weighted by Crippen LogP contribution is 2.46. The van der Waals surface area contributed by atoms with Crippen molar-refractivity contribution in [3.63, 3.8) is 0 Å². The highest BCUT2D eigenvalue weighted by Gasteiger charge is 2.19. The van der Waals surface area contributed by atoms with Gasteiger partial charge in [-0.3, -0.25) is 0 Å². The maximum Gasteiger partial charge on any atom is 0.165 e. The van der Waals surface area contributed by atoms with Crippen LogP contribution in [0.4, 0.5) is 0 Å². The van der Waals surface area contributed by atoms with Gasteiger partial charge in [-0.2, -0.15) is 0 Å². The van der Waals surface area contributed by atoms with Crippen LogP contribution in [0.1, 0.15) is 0 Å². The predicted molar refractivity (Wildman–Crippen MR) is 238 cm³/mol. The van der Waals surface area contributed by atoms with Gasteiger partial charge in [-0.15, -0.1) is 22.7 Å². The summed E-state index contributed by atoms with van der Waals surface area (Å²) in [6.07, 6.45) is 0. The number of hydrogen-bond acceptors (Lipinski definition) is 5. The molecule has 8 aromatic carbocycles. The first kappa shape index (κ1) is 32.6. The van der Waals surface area contributed by atoms with Gasteiger partial charge >= 0.3 is 0 Å². The molecule has 0 unspecified atom stereocenters. The Morgan fingerprint density at radius 3 is 1.59 bits per heavy atom. The Hall–Kier alpha value is -6.79. The second-order valence-corrected chi connectivity index (χ2v) is 16.1. The molecule has 5 heteroatoms. The van der Waals surface area contributed by atoms with Crippen LogP contribution in [-0.4, -0.2) is 15.0 Å². The standard InChI is InChI=1S/C51H31N3S2/c1-4-14-32(15-5-1)35-20-12-21-36(28-35)38-30-42(47-40-22-10-11-25-44(40)55-46(47)31-38)37-26-27-45-43(29-37)39-23-13-24-41(48(39)56-45)51-53-49(33-16-6-2-7-17-33)52-50(54-51)34-18-8-3-9-19-34/h1-31H. The van der Waals surface area contributed by atoms with E-state index in [9.17, 15) is 0 Å². The van der Waals surface area contributed by atoms with E-state index < -0.39 is 0 Å². The highest BCUT2D eigenvalue weighted by atomic mass is 32.1. The summed E-state index contributed by atoms with van der Waals surface area (Å²) in [5.74, 6) is 2.00. The van der Waals surface area contributed by atoms with Gasteiger partial charge in [0.05, 0.1) is 0 Å². The number of fused-ring (bicyclic) bond motifs is 6. The first-order valence-corrected chi connectivity index (χ1v) is 20.3. The monoisotopic (exact) mass is 749 g/mol. The van der Waals surface area contributed by atoms with Gasteiger partial charge in [0.2, 0.25) is 0 Å². The molecule has 0 bridgehead atoms. The first-order chi connectivity index (χ1) is 27.7. The quantitative estimate of drug-likeness (QED) is 0.170. The van der Waals surface area contributed by atoms with E-state index in [2.05, 4.69) is 152 Å². The fraction of sp³-hybridized carbons (Fsp3) is 0. The number of benzene rings is 8. The second kappa shape index (κ2) is 13.5. The molecule has 0 aliphatic carbocycles. The molecule has 3 aromatic heterocycles. The normalized spacial score (nSPS) is 11.6. The molecule has 0 saturated carbocycles. The zero-order valence-corrected chi connectivity index (χ0v) is 31.7. The summed E-state index contributed by atoms with van der Waals surface area (Å²) in [5, 5.41) is 5.03. The topological polar surface area (TPSA) is 38.7 Å². The molecule has 0 fully saturated rings. The van der Waals surface area contributed by atoms with Crippen LogP contribution in [-0.2, 0) is 0 Å². The summed E-state index contributed by atoms with van der Waals surface area (Å²) in [6, 6.07) is 67.0. The second-order valence-electron chi connectivity index (χ2n) is 14.0. The molecule has 262 valence electrons. The Bertz CT molecular complexity index is 3180. The molecule has 0 atom stereocenters. The van der Waals surface area contributed by atoms with E-state index in [1.807, 2.05) is 47.7 Å². The maximum absolute atomic E-state index is 5.09. The van der Waals surface area contributed by atoms with Gasteiger partial charge in [0.15, 0.2) is 17.5 Å². The zero-order valence-electron chi connectivity index (χ0n) is 30.1. The Kier molecular flexibility index (Phi) is 7.87. The van der Waals surface area contributed by atoms with E-state index >= 15 is 0 Å². The van der Waals surface area contributed by atoms with Crippen molar-refractivity contribution in [2.45, 2.75) is 0 Å².